The van der Waals surface area contributed by atoms with Crippen LogP contribution in [0.15, 0.2) is 52.9 Å². The highest BCUT2D eigenvalue weighted by Gasteiger charge is 2.10. The third-order valence-electron chi connectivity index (χ3n) is 3.01. The first-order valence-corrected chi connectivity index (χ1v) is 6.25. The van der Waals surface area contributed by atoms with E-state index in [1.165, 1.54) is 0 Å². The third-order valence-corrected chi connectivity index (χ3v) is 3.01. The van der Waals surface area contributed by atoms with Gasteiger partial charge in [0.2, 0.25) is 11.8 Å². The summed E-state index contributed by atoms with van der Waals surface area (Å²) < 4.78 is 5.60. The highest BCUT2D eigenvalue weighted by molar-refractivity contribution is 5.76. The van der Waals surface area contributed by atoms with Crippen LogP contribution >= 0.6 is 0 Å². The van der Waals surface area contributed by atoms with Gasteiger partial charge < -0.3 is 4.42 Å². The van der Waals surface area contributed by atoms with Crippen molar-refractivity contribution in [2.24, 2.45) is 0 Å². The molecule has 21 heavy (non-hydrogen) atoms. The van der Waals surface area contributed by atoms with Crippen molar-refractivity contribution in [3.05, 3.63) is 59.7 Å². The lowest BCUT2D eigenvalue weighted by molar-refractivity contribution is 0.111. The fourth-order valence-electron chi connectivity index (χ4n) is 1.87. The maximum atomic E-state index is 10.6. The van der Waals surface area contributed by atoms with Crippen molar-refractivity contribution in [2.45, 2.75) is 0 Å². The van der Waals surface area contributed by atoms with Crippen LogP contribution in [0.4, 0.5) is 0 Å². The Labute approximate surface area is 120 Å². The number of aromatic nitrogens is 2. The summed E-state index contributed by atoms with van der Waals surface area (Å²) in [4.78, 5) is 21.2. The minimum atomic E-state index is 0.377. The minimum absolute atomic E-state index is 0.377. The second-order valence-electron chi connectivity index (χ2n) is 4.39. The second-order valence-corrected chi connectivity index (χ2v) is 4.39. The number of hydrogen-bond donors (Lipinski definition) is 0. The van der Waals surface area contributed by atoms with Gasteiger partial charge >= 0.3 is 0 Å². The lowest BCUT2D eigenvalue weighted by atomic mass is 10.1. The van der Waals surface area contributed by atoms with Gasteiger partial charge in [-0.2, -0.15) is 0 Å². The van der Waals surface area contributed by atoms with Gasteiger partial charge in [-0.25, -0.2) is 0 Å². The molecule has 0 bridgehead atoms. The van der Waals surface area contributed by atoms with E-state index in [1.807, 2.05) is 0 Å². The summed E-state index contributed by atoms with van der Waals surface area (Å²) in [5.41, 5.74) is 2.65. The SMILES string of the molecule is O=Cc1ccc(-c2nnc(-c3ccc(C=O)cc3)o2)cc1. The summed E-state index contributed by atoms with van der Waals surface area (Å²) in [7, 11) is 0. The average Bonchev–Trinajstić information content (AvgIpc) is 3.05. The number of benzene rings is 2. The predicted octanol–water partition coefficient (Wildman–Crippen LogP) is 3.03. The summed E-state index contributed by atoms with van der Waals surface area (Å²) in [5.74, 6) is 0.754. The minimum Gasteiger partial charge on any atom is -0.416 e. The molecule has 3 rings (SSSR count). The van der Waals surface area contributed by atoms with Gasteiger partial charge in [0.15, 0.2) is 0 Å². The Morgan fingerprint density at radius 2 is 1.05 bits per heavy atom. The number of hydrogen-bond acceptors (Lipinski definition) is 5. The van der Waals surface area contributed by atoms with E-state index in [-0.39, 0.29) is 0 Å². The van der Waals surface area contributed by atoms with Gasteiger partial charge in [0.05, 0.1) is 0 Å². The molecule has 0 saturated heterocycles. The summed E-state index contributed by atoms with van der Waals surface area (Å²) in [6.45, 7) is 0. The molecular weight excluding hydrogens is 268 g/mol. The molecule has 0 N–H and O–H groups in total. The van der Waals surface area contributed by atoms with Gasteiger partial charge in [-0.15, -0.1) is 10.2 Å². The van der Waals surface area contributed by atoms with Crippen LogP contribution in [-0.2, 0) is 0 Å². The second kappa shape index (κ2) is 5.50. The Balaban J connectivity index is 1.90. The van der Waals surface area contributed by atoms with E-state index in [2.05, 4.69) is 10.2 Å². The van der Waals surface area contributed by atoms with Crippen LogP contribution in [0.1, 0.15) is 20.7 Å². The largest absolute Gasteiger partial charge is 0.416 e. The maximum Gasteiger partial charge on any atom is 0.248 e. The van der Waals surface area contributed by atoms with E-state index in [4.69, 9.17) is 4.42 Å². The molecule has 102 valence electrons. The first-order valence-electron chi connectivity index (χ1n) is 6.25. The van der Waals surface area contributed by atoms with Gasteiger partial charge in [-0.3, -0.25) is 9.59 Å². The van der Waals surface area contributed by atoms with E-state index in [0.29, 0.717) is 22.9 Å². The highest BCUT2D eigenvalue weighted by atomic mass is 16.4. The fraction of sp³-hybridized carbons (Fsp3) is 0. The Morgan fingerprint density at radius 1 is 0.667 bits per heavy atom. The van der Waals surface area contributed by atoms with Crippen molar-refractivity contribution in [3.63, 3.8) is 0 Å². The summed E-state index contributed by atoms with van der Waals surface area (Å²) in [6, 6.07) is 13.7. The molecular formula is C16H10N2O3. The average molecular weight is 278 g/mol. The molecule has 0 amide bonds. The summed E-state index contributed by atoms with van der Waals surface area (Å²) in [5, 5.41) is 7.97. The topological polar surface area (TPSA) is 73.1 Å². The van der Waals surface area contributed by atoms with Crippen LogP contribution in [0, 0.1) is 0 Å². The first-order chi connectivity index (χ1) is 10.3. The van der Waals surface area contributed by atoms with Crippen molar-refractivity contribution in [1.29, 1.82) is 0 Å². The van der Waals surface area contributed by atoms with E-state index < -0.39 is 0 Å². The standard InChI is InChI=1S/C16H10N2O3/c19-9-11-1-5-13(6-2-11)15-17-18-16(21-15)14-7-3-12(10-20)4-8-14/h1-10H. The van der Waals surface area contributed by atoms with E-state index in [9.17, 15) is 9.59 Å². The number of rotatable bonds is 4. The van der Waals surface area contributed by atoms with Crippen LogP contribution < -0.4 is 0 Å². The normalized spacial score (nSPS) is 10.3. The number of aldehydes is 2. The first kappa shape index (κ1) is 12.9. The lowest BCUT2D eigenvalue weighted by Crippen LogP contribution is -1.81. The molecule has 0 fully saturated rings. The van der Waals surface area contributed by atoms with Crippen LogP contribution in [0.3, 0.4) is 0 Å². The smallest absolute Gasteiger partial charge is 0.248 e. The predicted molar refractivity (Wildman–Crippen MR) is 75.9 cm³/mol. The van der Waals surface area contributed by atoms with Crippen molar-refractivity contribution in [1.82, 2.24) is 10.2 Å². The van der Waals surface area contributed by atoms with Crippen molar-refractivity contribution >= 4 is 12.6 Å². The molecule has 2 aromatic carbocycles. The van der Waals surface area contributed by atoms with E-state index in [1.54, 1.807) is 48.5 Å². The fourth-order valence-corrected chi connectivity index (χ4v) is 1.87. The third kappa shape index (κ3) is 2.62. The number of carbonyl (C=O) groups excluding carboxylic acids is 2. The lowest BCUT2D eigenvalue weighted by Gasteiger charge is -1.96. The molecule has 0 aliphatic rings. The molecule has 1 heterocycles. The molecule has 3 aromatic rings. The van der Waals surface area contributed by atoms with Crippen LogP contribution in [0.25, 0.3) is 22.9 Å². The monoisotopic (exact) mass is 278 g/mol. The summed E-state index contributed by atoms with van der Waals surface area (Å²) in [6.07, 6.45) is 1.55. The molecule has 0 saturated carbocycles. The molecule has 0 aliphatic carbocycles. The van der Waals surface area contributed by atoms with Crippen molar-refractivity contribution in [2.75, 3.05) is 0 Å². The zero-order valence-corrected chi connectivity index (χ0v) is 10.9. The van der Waals surface area contributed by atoms with Crippen molar-refractivity contribution in [3.8, 4) is 22.9 Å². The zero-order chi connectivity index (χ0) is 14.7. The van der Waals surface area contributed by atoms with Crippen molar-refractivity contribution < 1.29 is 14.0 Å². The van der Waals surface area contributed by atoms with E-state index in [0.717, 1.165) is 23.7 Å². The van der Waals surface area contributed by atoms with Gasteiger partial charge in [-0.1, -0.05) is 24.3 Å². The molecule has 5 nitrogen and oxygen atoms in total. The zero-order valence-electron chi connectivity index (χ0n) is 10.9. The van der Waals surface area contributed by atoms with Gasteiger partial charge in [-0.05, 0) is 24.3 Å². The number of carbonyl (C=O) groups is 2. The Morgan fingerprint density at radius 3 is 1.38 bits per heavy atom. The molecule has 5 heteroatoms. The molecule has 0 unspecified atom stereocenters. The van der Waals surface area contributed by atoms with Crippen LogP contribution in [-0.4, -0.2) is 22.8 Å². The van der Waals surface area contributed by atoms with Gasteiger partial charge in [0.25, 0.3) is 0 Å². The maximum absolute atomic E-state index is 10.6. The van der Waals surface area contributed by atoms with Gasteiger partial charge in [0, 0.05) is 22.3 Å². The Bertz CT molecular complexity index is 708. The quantitative estimate of drug-likeness (QED) is 0.686. The highest BCUT2D eigenvalue weighted by Crippen LogP contribution is 2.24. The van der Waals surface area contributed by atoms with E-state index >= 15 is 0 Å². The Hall–Kier alpha value is -3.08. The molecule has 0 radical (unpaired) electrons. The Kier molecular flexibility index (Phi) is 3.39. The van der Waals surface area contributed by atoms with Crippen LogP contribution in [0.5, 0.6) is 0 Å². The molecule has 0 spiro atoms. The van der Waals surface area contributed by atoms with Gasteiger partial charge in [0.1, 0.15) is 12.6 Å². The van der Waals surface area contributed by atoms with Crippen LogP contribution in [0.2, 0.25) is 0 Å². The molecule has 0 atom stereocenters. The molecule has 0 aliphatic heterocycles. The molecule has 1 aromatic heterocycles. The number of nitrogens with zero attached hydrogens (tertiary/aromatic N) is 2. The summed E-state index contributed by atoms with van der Waals surface area (Å²) >= 11 is 0.